The van der Waals surface area contributed by atoms with Crippen LogP contribution in [0.25, 0.3) is 21.0 Å². The van der Waals surface area contributed by atoms with Gasteiger partial charge in [-0.25, -0.2) is 14.3 Å². The van der Waals surface area contributed by atoms with E-state index < -0.39 is 23.4 Å². The number of carbonyl (C=O) groups is 2. The lowest BCUT2D eigenvalue weighted by Crippen LogP contribution is -2.49. The smallest absolute Gasteiger partial charge is 0.332 e. The standard InChI is InChI=1S/C26H26N4O7S/c1-15-20-24(33)30(17-7-5-9-27-22(17)32)26(34)29(25(20)38-21(15)23-28-10-12-37-23)14-19(36-13-11-31)16-6-3-4-8-18(16)35-2/h3-4,6,8,10-12,17,19H,5,7,9,13-14H2,1-2H3,(H,27,32)/t17?,19-/m0/s1. The third kappa shape index (κ3) is 4.45. The summed E-state index contributed by atoms with van der Waals surface area (Å²) in [6.45, 7) is 2.00. The Kier molecular flexibility index (Phi) is 7.25. The number of thiophene rings is 1. The molecule has 4 aromatic rings. The van der Waals surface area contributed by atoms with E-state index in [1.165, 1.54) is 35.5 Å². The van der Waals surface area contributed by atoms with Crippen LogP contribution >= 0.6 is 11.3 Å². The summed E-state index contributed by atoms with van der Waals surface area (Å²) < 4.78 is 19.3. The number of piperidine rings is 1. The van der Waals surface area contributed by atoms with Crippen LogP contribution in [0, 0.1) is 6.92 Å². The number of benzene rings is 1. The highest BCUT2D eigenvalue weighted by atomic mass is 32.1. The Morgan fingerprint density at radius 3 is 2.82 bits per heavy atom. The van der Waals surface area contributed by atoms with Gasteiger partial charge in [0.2, 0.25) is 11.8 Å². The molecule has 0 bridgehead atoms. The van der Waals surface area contributed by atoms with Crippen molar-refractivity contribution in [3.63, 3.8) is 0 Å². The maximum absolute atomic E-state index is 14.0. The van der Waals surface area contributed by atoms with Gasteiger partial charge in [-0.3, -0.25) is 14.2 Å². The lowest BCUT2D eigenvalue weighted by atomic mass is 10.1. The van der Waals surface area contributed by atoms with Crippen LogP contribution in [0.1, 0.15) is 36.1 Å². The zero-order valence-corrected chi connectivity index (χ0v) is 21.7. The van der Waals surface area contributed by atoms with Crippen molar-refractivity contribution in [2.45, 2.75) is 38.5 Å². The van der Waals surface area contributed by atoms with Crippen molar-refractivity contribution in [2.24, 2.45) is 0 Å². The average molecular weight is 539 g/mol. The van der Waals surface area contributed by atoms with Crippen molar-refractivity contribution in [3.05, 3.63) is 68.7 Å². The fourth-order valence-corrected chi connectivity index (χ4v) is 6.08. The van der Waals surface area contributed by atoms with Crippen LogP contribution in [-0.4, -0.2) is 46.6 Å². The van der Waals surface area contributed by atoms with Crippen LogP contribution in [0.3, 0.4) is 0 Å². The number of hydrogen-bond donors (Lipinski definition) is 1. The van der Waals surface area contributed by atoms with Gasteiger partial charge in [0.25, 0.3) is 5.56 Å². The number of ether oxygens (including phenoxy) is 2. The Balaban J connectivity index is 1.76. The van der Waals surface area contributed by atoms with Crippen LogP contribution in [0.5, 0.6) is 5.75 Å². The van der Waals surface area contributed by atoms with Crippen LogP contribution in [-0.2, 0) is 20.9 Å². The Morgan fingerprint density at radius 2 is 2.11 bits per heavy atom. The van der Waals surface area contributed by atoms with Crippen LogP contribution in [0.4, 0.5) is 0 Å². The van der Waals surface area contributed by atoms with Crippen molar-refractivity contribution in [3.8, 4) is 16.5 Å². The molecule has 1 N–H and O–H groups in total. The van der Waals surface area contributed by atoms with Gasteiger partial charge in [-0.1, -0.05) is 18.2 Å². The molecule has 2 atom stereocenters. The number of methoxy groups -OCH3 is 1. The van der Waals surface area contributed by atoms with Crippen molar-refractivity contribution >= 4 is 33.7 Å². The summed E-state index contributed by atoms with van der Waals surface area (Å²) >= 11 is 1.20. The van der Waals surface area contributed by atoms with Gasteiger partial charge in [0.15, 0.2) is 0 Å². The highest BCUT2D eigenvalue weighted by Gasteiger charge is 2.31. The second-order valence-electron chi connectivity index (χ2n) is 8.82. The van der Waals surface area contributed by atoms with Crippen molar-refractivity contribution in [2.75, 3.05) is 20.3 Å². The molecule has 12 heteroatoms. The molecule has 1 unspecified atom stereocenters. The molecule has 198 valence electrons. The molecule has 1 saturated heterocycles. The van der Waals surface area contributed by atoms with Gasteiger partial charge in [0.05, 0.1) is 30.1 Å². The third-order valence-corrected chi connectivity index (χ3v) is 7.94. The Morgan fingerprint density at radius 1 is 1.29 bits per heavy atom. The molecule has 4 heterocycles. The first kappa shape index (κ1) is 25.6. The topological polar surface area (TPSA) is 135 Å². The number of para-hydroxylation sites is 1. The normalized spacial score (nSPS) is 16.4. The molecule has 0 saturated carbocycles. The number of hydrogen-bond acceptors (Lipinski definition) is 9. The third-order valence-electron chi connectivity index (χ3n) is 6.64. The SMILES string of the molecule is COc1ccccc1[C@H](Cn1c(=O)n(C2CCCNC2=O)c(=O)c2c(C)c(-c3ncco3)sc21)OCC=O. The first-order valence-corrected chi connectivity index (χ1v) is 12.9. The summed E-state index contributed by atoms with van der Waals surface area (Å²) in [5.74, 6) is 0.471. The first-order valence-electron chi connectivity index (χ1n) is 12.1. The van der Waals surface area contributed by atoms with E-state index in [1.54, 1.807) is 31.2 Å². The number of nitrogens with zero attached hydrogens (tertiary/aromatic N) is 3. The maximum Gasteiger partial charge on any atom is 0.332 e. The summed E-state index contributed by atoms with van der Waals surface area (Å²) in [7, 11) is 1.52. The summed E-state index contributed by atoms with van der Waals surface area (Å²) in [5.41, 5.74) is 0.0435. The average Bonchev–Trinajstić information content (AvgIpc) is 3.57. The van der Waals surface area contributed by atoms with Crippen molar-refractivity contribution in [1.29, 1.82) is 0 Å². The van der Waals surface area contributed by atoms with Gasteiger partial charge >= 0.3 is 5.69 Å². The number of aldehydes is 1. The van der Waals surface area contributed by atoms with Gasteiger partial charge in [-0.2, -0.15) is 0 Å². The van der Waals surface area contributed by atoms with Crippen LogP contribution in [0.15, 0.2) is 50.7 Å². The van der Waals surface area contributed by atoms with E-state index in [9.17, 15) is 19.2 Å². The molecule has 1 amide bonds. The zero-order chi connectivity index (χ0) is 26.8. The fraction of sp³-hybridized carbons (Fsp3) is 0.346. The second kappa shape index (κ2) is 10.8. The number of rotatable bonds is 9. The van der Waals surface area contributed by atoms with Gasteiger partial charge in [0.1, 0.15) is 41.9 Å². The summed E-state index contributed by atoms with van der Waals surface area (Å²) in [6.07, 6.45) is 3.79. The molecule has 0 spiro atoms. The summed E-state index contributed by atoms with van der Waals surface area (Å²) in [5, 5.41) is 3.06. The highest BCUT2D eigenvalue weighted by Crippen LogP contribution is 2.37. The lowest BCUT2D eigenvalue weighted by molar-refractivity contribution is -0.126. The molecule has 11 nitrogen and oxygen atoms in total. The summed E-state index contributed by atoms with van der Waals surface area (Å²) in [6, 6.07) is 6.21. The van der Waals surface area contributed by atoms with Crippen molar-refractivity contribution in [1.82, 2.24) is 19.4 Å². The van der Waals surface area contributed by atoms with E-state index in [2.05, 4.69) is 10.3 Å². The number of fused-ring (bicyclic) bond motifs is 1. The van der Waals surface area contributed by atoms with E-state index >= 15 is 0 Å². The second-order valence-corrected chi connectivity index (χ2v) is 9.82. The van der Waals surface area contributed by atoms with E-state index in [-0.39, 0.29) is 19.1 Å². The minimum absolute atomic E-state index is 0.0385. The first-order chi connectivity index (χ1) is 18.5. The molecule has 1 fully saturated rings. The molecule has 0 aliphatic carbocycles. The molecule has 38 heavy (non-hydrogen) atoms. The molecule has 5 rings (SSSR count). The Hall–Kier alpha value is -4.03. The van der Waals surface area contributed by atoms with Crippen LogP contribution in [0.2, 0.25) is 0 Å². The number of amides is 1. The number of carbonyl (C=O) groups excluding carboxylic acids is 2. The van der Waals surface area contributed by atoms with E-state index in [1.807, 2.05) is 0 Å². The largest absolute Gasteiger partial charge is 0.496 e. The minimum atomic E-state index is -0.940. The molecule has 3 aromatic heterocycles. The molecular weight excluding hydrogens is 512 g/mol. The van der Waals surface area contributed by atoms with E-state index in [0.717, 1.165) is 4.57 Å². The zero-order valence-electron chi connectivity index (χ0n) is 20.8. The highest BCUT2D eigenvalue weighted by molar-refractivity contribution is 7.22. The van der Waals surface area contributed by atoms with E-state index in [0.29, 0.717) is 63.5 Å². The predicted octanol–water partition coefficient (Wildman–Crippen LogP) is 2.60. The number of nitrogens with one attached hydrogen (secondary N) is 1. The Labute approximate surface area is 220 Å². The quantitative estimate of drug-likeness (QED) is 0.322. The Bertz CT molecular complexity index is 1600. The van der Waals surface area contributed by atoms with Gasteiger partial charge in [-0.15, -0.1) is 11.3 Å². The lowest BCUT2D eigenvalue weighted by Gasteiger charge is -2.25. The predicted molar refractivity (Wildman–Crippen MR) is 140 cm³/mol. The van der Waals surface area contributed by atoms with Gasteiger partial charge < -0.3 is 24.0 Å². The number of oxazole rings is 1. The van der Waals surface area contributed by atoms with Gasteiger partial charge in [-0.05, 0) is 31.4 Å². The minimum Gasteiger partial charge on any atom is -0.496 e. The molecule has 1 aromatic carbocycles. The maximum atomic E-state index is 14.0. The summed E-state index contributed by atoms with van der Waals surface area (Å²) in [4.78, 5) is 57.0. The molecule has 0 radical (unpaired) electrons. The van der Waals surface area contributed by atoms with E-state index in [4.69, 9.17) is 13.9 Å². The van der Waals surface area contributed by atoms with Crippen LogP contribution < -0.4 is 21.3 Å². The molecule has 1 aliphatic rings. The molecule has 1 aliphatic heterocycles. The number of aromatic nitrogens is 3. The fourth-order valence-electron chi connectivity index (χ4n) is 4.84. The number of aryl methyl sites for hydroxylation is 1. The van der Waals surface area contributed by atoms with Gasteiger partial charge in [0, 0.05) is 12.1 Å². The van der Waals surface area contributed by atoms with Crippen molar-refractivity contribution < 1.29 is 23.5 Å². The monoisotopic (exact) mass is 538 g/mol. The molecular formula is C26H26N4O7S.